The molecule has 0 atom stereocenters. The van der Waals surface area contributed by atoms with Crippen molar-refractivity contribution in [2.75, 3.05) is 6.26 Å². The molecule has 0 radical (unpaired) electrons. The van der Waals surface area contributed by atoms with Gasteiger partial charge in [-0.3, -0.25) is 3.63 Å². The number of hydrogen-bond donors (Lipinski definition) is 1. The molecule has 0 bridgehead atoms. The quantitative estimate of drug-likeness (QED) is 0.387. The van der Waals surface area contributed by atoms with E-state index in [1.165, 1.54) is 12.0 Å². The Labute approximate surface area is 35.5 Å². The van der Waals surface area contributed by atoms with E-state index >= 15 is 0 Å². The van der Waals surface area contributed by atoms with E-state index in [4.69, 9.17) is 0 Å². The monoisotopic (exact) mass is 96.0 g/mol. The zero-order valence-corrected chi connectivity index (χ0v) is 3.97. The summed E-state index contributed by atoms with van der Waals surface area (Å²) >= 11 is 4.60. The summed E-state index contributed by atoms with van der Waals surface area (Å²) in [6.07, 6.45) is 1.80. The molecule has 1 nitrogen and oxygen atoms in total. The minimum absolute atomic E-state index is 1.22. The third-order valence-electron chi connectivity index (χ3n) is 0.0745. The summed E-state index contributed by atoms with van der Waals surface area (Å²) in [5.74, 6) is 0. The second-order valence-corrected chi connectivity index (χ2v) is 1.17. The summed E-state index contributed by atoms with van der Waals surface area (Å²) in [7, 11) is 0. The van der Waals surface area contributed by atoms with Gasteiger partial charge in [-0.1, -0.05) is 0 Å². The van der Waals surface area contributed by atoms with Crippen molar-refractivity contribution in [3.8, 4) is 0 Å². The molecule has 3 heteroatoms. The summed E-state index contributed by atoms with van der Waals surface area (Å²) < 4.78 is 4.15. The summed E-state index contributed by atoms with van der Waals surface area (Å²) in [5, 5.41) is 0. The highest BCUT2D eigenvalue weighted by Crippen LogP contribution is 1.93. The zero-order valence-electron chi connectivity index (χ0n) is 2.26. The van der Waals surface area contributed by atoms with Gasteiger partial charge in [0.05, 0.1) is 0 Å². The molecule has 26 valence electrons. The molecule has 0 unspecified atom stereocenters. The molecule has 0 aromatic carbocycles. The van der Waals surface area contributed by atoms with E-state index in [-0.39, 0.29) is 0 Å². The zero-order chi connectivity index (χ0) is 3.41. The van der Waals surface area contributed by atoms with Crippen LogP contribution in [0.2, 0.25) is 0 Å². The van der Waals surface area contributed by atoms with E-state index in [2.05, 4.69) is 16.5 Å². The van der Waals surface area contributed by atoms with Crippen molar-refractivity contribution in [3.63, 3.8) is 0 Å². The first-order chi connectivity index (χ1) is 1.91. The predicted molar refractivity (Wildman–Crippen MR) is 23.6 cm³/mol. The molecule has 0 aliphatic carbocycles. The van der Waals surface area contributed by atoms with Crippen LogP contribution >= 0.6 is 25.0 Å². The van der Waals surface area contributed by atoms with Crippen molar-refractivity contribution in [2.24, 2.45) is 0 Å². The second kappa shape index (κ2) is 3.66. The van der Waals surface area contributed by atoms with Gasteiger partial charge in [0.15, 0.2) is 0 Å². The summed E-state index contributed by atoms with van der Waals surface area (Å²) in [6, 6.07) is 0. The van der Waals surface area contributed by atoms with Crippen LogP contribution in [0, 0.1) is 0 Å². The van der Waals surface area contributed by atoms with Crippen molar-refractivity contribution < 1.29 is 3.63 Å². The van der Waals surface area contributed by atoms with Crippen molar-refractivity contribution in [1.29, 1.82) is 0 Å². The molecule has 0 heterocycles. The van der Waals surface area contributed by atoms with Gasteiger partial charge >= 0.3 is 0 Å². The molecule has 0 aromatic rings. The fraction of sp³-hybridized carbons (Fsp3) is 1.00. The first-order valence-electron chi connectivity index (χ1n) is 0.757. The maximum Gasteiger partial charge on any atom is 0.00947 e. The van der Waals surface area contributed by atoms with Gasteiger partial charge in [0.25, 0.3) is 0 Å². The van der Waals surface area contributed by atoms with Gasteiger partial charge in [-0.05, 0) is 12.9 Å². The van der Waals surface area contributed by atoms with Crippen molar-refractivity contribution in [3.05, 3.63) is 0 Å². The van der Waals surface area contributed by atoms with Crippen LogP contribution in [0.1, 0.15) is 0 Å². The summed E-state index contributed by atoms with van der Waals surface area (Å²) in [4.78, 5) is 0. The van der Waals surface area contributed by atoms with E-state index in [1.807, 2.05) is 0 Å². The van der Waals surface area contributed by atoms with Crippen LogP contribution in [0.15, 0.2) is 0 Å². The fourth-order valence-electron chi connectivity index (χ4n) is 0. The van der Waals surface area contributed by atoms with E-state index in [9.17, 15) is 0 Å². The lowest BCUT2D eigenvalue weighted by Crippen LogP contribution is -1.39. The number of hydrogen-bond acceptors (Lipinski definition) is 3. The predicted octanol–water partition coefficient (Wildman–Crippen LogP) is 1.13. The molecular weight excluding hydrogens is 92.1 g/mol. The molecule has 0 aliphatic heterocycles. The van der Waals surface area contributed by atoms with Gasteiger partial charge < -0.3 is 0 Å². The molecule has 0 N–H and O–H groups in total. The largest absolute Gasteiger partial charge is 0.251 e. The minimum atomic E-state index is 1.22. The van der Waals surface area contributed by atoms with Gasteiger partial charge in [0.1, 0.15) is 0 Å². The Morgan fingerprint density at radius 3 is 2.25 bits per heavy atom. The molecule has 0 fully saturated rings. The topological polar surface area (TPSA) is 9.23 Å². The molecule has 0 amide bonds. The lowest BCUT2D eigenvalue weighted by atomic mass is 12.0. The van der Waals surface area contributed by atoms with Gasteiger partial charge in [0.2, 0.25) is 0 Å². The first-order valence-corrected chi connectivity index (χ1v) is 2.27. The number of thiol groups is 1. The van der Waals surface area contributed by atoms with Crippen LogP contribution in [0.25, 0.3) is 0 Å². The van der Waals surface area contributed by atoms with Crippen LogP contribution in [0.4, 0.5) is 0 Å². The lowest BCUT2D eigenvalue weighted by molar-refractivity contribution is 0.780. The molecule has 0 saturated carbocycles. The highest BCUT2D eigenvalue weighted by atomic mass is 32.2. The van der Waals surface area contributed by atoms with E-state index < -0.39 is 0 Å². The van der Waals surface area contributed by atoms with Crippen LogP contribution in [0.3, 0.4) is 0 Å². The van der Waals surface area contributed by atoms with Gasteiger partial charge in [-0.15, -0.1) is 0 Å². The Bertz CT molecular complexity index is 8.00. The third-order valence-corrected chi connectivity index (χ3v) is 0.671. The van der Waals surface area contributed by atoms with Crippen molar-refractivity contribution >= 4 is 25.0 Å². The van der Waals surface area contributed by atoms with Gasteiger partial charge in [-0.2, -0.15) is 0 Å². The van der Waals surface area contributed by atoms with Crippen LogP contribution in [-0.4, -0.2) is 6.26 Å². The molecule has 4 heavy (non-hydrogen) atoms. The fourth-order valence-corrected chi connectivity index (χ4v) is 0. The molecule has 0 rings (SSSR count). The van der Waals surface area contributed by atoms with Crippen LogP contribution in [0.5, 0.6) is 0 Å². The van der Waals surface area contributed by atoms with E-state index in [0.717, 1.165) is 0 Å². The van der Waals surface area contributed by atoms with E-state index in [0.29, 0.717) is 0 Å². The average molecular weight is 96.2 g/mol. The van der Waals surface area contributed by atoms with Crippen molar-refractivity contribution in [2.45, 2.75) is 0 Å². The average Bonchev–Trinajstić information content (AvgIpc) is 1.37. The Balaban J connectivity index is 1.97. The Morgan fingerprint density at radius 1 is 2.00 bits per heavy atom. The van der Waals surface area contributed by atoms with Crippen LogP contribution in [-0.2, 0) is 3.63 Å². The Kier molecular flexibility index (Phi) is 4.26. The Hall–Kier alpha value is 0.660. The lowest BCUT2D eigenvalue weighted by Gasteiger charge is -1.71. The molecule has 0 aromatic heterocycles. The summed E-state index contributed by atoms with van der Waals surface area (Å²) in [6.45, 7) is 0. The summed E-state index contributed by atoms with van der Waals surface area (Å²) in [5.41, 5.74) is 0. The van der Waals surface area contributed by atoms with Gasteiger partial charge in [-0.25, -0.2) is 0 Å². The second-order valence-electron chi connectivity index (χ2n) is 0.241. The standard InChI is InChI=1S/CH4OS2/c1-4-2-3/h3H,1H3. The van der Waals surface area contributed by atoms with Crippen LogP contribution < -0.4 is 0 Å². The smallest absolute Gasteiger partial charge is 0.00947 e. The highest BCUT2D eigenvalue weighted by molar-refractivity contribution is 8.00. The maximum atomic E-state index is 4.15. The minimum Gasteiger partial charge on any atom is -0.251 e. The molecular formula is CH4OS2. The maximum absolute atomic E-state index is 4.15. The highest BCUT2D eigenvalue weighted by Gasteiger charge is 1.54. The SMILES string of the molecule is CSOS. The first kappa shape index (κ1) is 4.66. The van der Waals surface area contributed by atoms with E-state index in [1.54, 1.807) is 6.26 Å². The van der Waals surface area contributed by atoms with Gasteiger partial charge in [0, 0.05) is 18.3 Å². The third kappa shape index (κ3) is 2.66. The molecule has 0 saturated heterocycles. The molecule has 0 aliphatic rings. The normalized spacial score (nSPS) is 7.50. The number of rotatable bonds is 1. The van der Waals surface area contributed by atoms with Crippen molar-refractivity contribution in [1.82, 2.24) is 0 Å². The Morgan fingerprint density at radius 2 is 2.25 bits per heavy atom. The molecule has 0 spiro atoms.